The minimum absolute atomic E-state index is 0.0724. The quantitative estimate of drug-likeness (QED) is 0.813. The Morgan fingerprint density at radius 2 is 2.25 bits per heavy atom. The van der Waals surface area contributed by atoms with Crippen molar-refractivity contribution in [3.8, 4) is 0 Å². The average molecular weight is 295 g/mol. The third-order valence-corrected chi connectivity index (χ3v) is 3.69. The van der Waals surface area contributed by atoms with Gasteiger partial charge < -0.3 is 15.5 Å². The maximum atomic E-state index is 12.0. The number of carbonyl (C=O) groups excluding carboxylic acids is 1. The number of oxazole rings is 1. The summed E-state index contributed by atoms with van der Waals surface area (Å²) in [6, 6.07) is 5.12. The van der Waals surface area contributed by atoms with Crippen molar-refractivity contribution in [3.05, 3.63) is 18.2 Å². The standard InChI is InChI=1S/C13H17N3O3S/c1-8(2)15-12(17)5-6-20(18)13-16-10-4-3-9(14)7-11(10)19-13/h3-4,7-8H,5-6,14H2,1-2H3,(H,15,17). The van der Waals surface area contributed by atoms with Crippen LogP contribution >= 0.6 is 0 Å². The fourth-order valence-electron chi connectivity index (χ4n) is 1.68. The van der Waals surface area contributed by atoms with Gasteiger partial charge in [-0.15, -0.1) is 0 Å². The number of nitrogens with two attached hydrogens (primary N) is 1. The Morgan fingerprint density at radius 1 is 1.50 bits per heavy atom. The van der Waals surface area contributed by atoms with Crippen LogP contribution in [-0.2, 0) is 15.6 Å². The predicted octanol–water partition coefficient (Wildman–Crippen LogP) is 1.43. The van der Waals surface area contributed by atoms with Crippen molar-refractivity contribution in [1.29, 1.82) is 0 Å². The molecule has 1 aromatic carbocycles. The number of benzene rings is 1. The molecule has 6 nitrogen and oxygen atoms in total. The van der Waals surface area contributed by atoms with Crippen LogP contribution < -0.4 is 11.1 Å². The summed E-state index contributed by atoms with van der Waals surface area (Å²) < 4.78 is 17.4. The minimum atomic E-state index is -1.44. The monoisotopic (exact) mass is 295 g/mol. The number of nitrogen functional groups attached to an aromatic ring is 1. The molecule has 20 heavy (non-hydrogen) atoms. The number of hydrogen-bond acceptors (Lipinski definition) is 5. The van der Waals surface area contributed by atoms with E-state index in [1.54, 1.807) is 18.2 Å². The molecule has 0 aliphatic carbocycles. The number of nitrogens with zero attached hydrogens (tertiary/aromatic N) is 1. The van der Waals surface area contributed by atoms with Gasteiger partial charge in [0.25, 0.3) is 5.22 Å². The van der Waals surface area contributed by atoms with E-state index in [4.69, 9.17) is 10.2 Å². The van der Waals surface area contributed by atoms with Crippen molar-refractivity contribution < 1.29 is 13.4 Å². The summed E-state index contributed by atoms with van der Waals surface area (Å²) in [6.45, 7) is 3.75. The van der Waals surface area contributed by atoms with Crippen molar-refractivity contribution in [2.45, 2.75) is 31.5 Å². The SMILES string of the molecule is CC(C)NC(=O)CCS(=O)c1nc2ccc(N)cc2o1. The highest BCUT2D eigenvalue weighted by Gasteiger charge is 2.14. The Kier molecular flexibility index (Phi) is 4.39. The maximum absolute atomic E-state index is 12.0. The van der Waals surface area contributed by atoms with E-state index in [1.807, 2.05) is 13.8 Å². The van der Waals surface area contributed by atoms with Gasteiger partial charge in [0.05, 0.1) is 0 Å². The number of amides is 1. The van der Waals surface area contributed by atoms with Gasteiger partial charge in [0.2, 0.25) is 5.91 Å². The first-order chi connectivity index (χ1) is 9.45. The van der Waals surface area contributed by atoms with Gasteiger partial charge >= 0.3 is 0 Å². The van der Waals surface area contributed by atoms with Crippen LogP contribution in [0.15, 0.2) is 27.8 Å². The van der Waals surface area contributed by atoms with Gasteiger partial charge in [0, 0.05) is 30.0 Å². The molecule has 1 atom stereocenters. The van der Waals surface area contributed by atoms with E-state index in [0.29, 0.717) is 16.8 Å². The molecule has 1 aromatic heterocycles. The van der Waals surface area contributed by atoms with E-state index in [1.165, 1.54) is 0 Å². The van der Waals surface area contributed by atoms with E-state index < -0.39 is 10.8 Å². The second kappa shape index (κ2) is 6.04. The molecule has 1 heterocycles. The van der Waals surface area contributed by atoms with Gasteiger partial charge in [0.15, 0.2) is 5.58 Å². The summed E-state index contributed by atoms with van der Waals surface area (Å²) in [7, 11) is -1.44. The van der Waals surface area contributed by atoms with Crippen LogP contribution in [0.3, 0.4) is 0 Å². The van der Waals surface area contributed by atoms with Crippen LogP contribution in [0.1, 0.15) is 20.3 Å². The van der Waals surface area contributed by atoms with Crippen LogP contribution in [0.5, 0.6) is 0 Å². The molecule has 0 saturated carbocycles. The first kappa shape index (κ1) is 14.5. The second-order valence-corrected chi connectivity index (χ2v) is 6.18. The number of carbonyl (C=O) groups is 1. The molecule has 0 spiro atoms. The van der Waals surface area contributed by atoms with Gasteiger partial charge in [-0.25, -0.2) is 9.19 Å². The van der Waals surface area contributed by atoms with Gasteiger partial charge in [-0.1, -0.05) is 0 Å². The lowest BCUT2D eigenvalue weighted by Crippen LogP contribution is -2.30. The first-order valence-corrected chi connectivity index (χ1v) is 7.61. The molecule has 2 aromatic rings. The lowest BCUT2D eigenvalue weighted by atomic mass is 10.3. The highest BCUT2D eigenvalue weighted by Crippen LogP contribution is 2.20. The van der Waals surface area contributed by atoms with E-state index in [-0.39, 0.29) is 29.3 Å². The van der Waals surface area contributed by atoms with Crippen LogP contribution in [0.4, 0.5) is 5.69 Å². The summed E-state index contributed by atoms with van der Waals surface area (Å²) in [5.41, 5.74) is 7.30. The number of fused-ring (bicyclic) bond motifs is 1. The largest absolute Gasteiger partial charge is 0.430 e. The van der Waals surface area contributed by atoms with Gasteiger partial charge in [0.1, 0.15) is 16.3 Å². The van der Waals surface area contributed by atoms with Crippen LogP contribution in [0.25, 0.3) is 11.1 Å². The van der Waals surface area contributed by atoms with E-state index >= 15 is 0 Å². The topological polar surface area (TPSA) is 98.2 Å². The molecule has 7 heteroatoms. The number of anilines is 1. The number of aromatic nitrogens is 1. The molecule has 0 radical (unpaired) electrons. The van der Waals surface area contributed by atoms with Crippen molar-refractivity contribution in [3.63, 3.8) is 0 Å². The molecule has 0 fully saturated rings. The highest BCUT2D eigenvalue weighted by atomic mass is 32.2. The molecule has 0 bridgehead atoms. The fourth-order valence-corrected chi connectivity index (χ4v) is 2.61. The van der Waals surface area contributed by atoms with E-state index in [0.717, 1.165) is 0 Å². The number of nitrogens with one attached hydrogen (secondary N) is 1. The van der Waals surface area contributed by atoms with E-state index in [9.17, 15) is 9.00 Å². The predicted molar refractivity (Wildman–Crippen MR) is 77.6 cm³/mol. The molecule has 1 amide bonds. The average Bonchev–Trinajstić information content (AvgIpc) is 2.78. The maximum Gasteiger partial charge on any atom is 0.287 e. The summed E-state index contributed by atoms with van der Waals surface area (Å²) in [5, 5.41) is 2.87. The van der Waals surface area contributed by atoms with Crippen LogP contribution in [0.2, 0.25) is 0 Å². The van der Waals surface area contributed by atoms with Crippen molar-refractivity contribution in [1.82, 2.24) is 10.3 Å². The smallest absolute Gasteiger partial charge is 0.287 e. The molecular weight excluding hydrogens is 278 g/mol. The Morgan fingerprint density at radius 3 is 2.95 bits per heavy atom. The van der Waals surface area contributed by atoms with Crippen LogP contribution in [-0.4, -0.2) is 26.9 Å². The Balaban J connectivity index is 2.02. The zero-order valence-electron chi connectivity index (χ0n) is 11.4. The Hall–Kier alpha value is -1.89. The van der Waals surface area contributed by atoms with Crippen molar-refractivity contribution in [2.24, 2.45) is 0 Å². The molecule has 2 rings (SSSR count). The van der Waals surface area contributed by atoms with Crippen molar-refractivity contribution in [2.75, 3.05) is 11.5 Å². The van der Waals surface area contributed by atoms with Crippen molar-refractivity contribution >= 4 is 33.5 Å². The summed E-state index contributed by atoms with van der Waals surface area (Å²) in [5.74, 6) is 0.0506. The molecule has 0 saturated heterocycles. The minimum Gasteiger partial charge on any atom is -0.430 e. The zero-order valence-corrected chi connectivity index (χ0v) is 12.2. The summed E-state index contributed by atoms with van der Waals surface area (Å²) in [4.78, 5) is 15.6. The lowest BCUT2D eigenvalue weighted by molar-refractivity contribution is -0.121. The third kappa shape index (κ3) is 3.57. The fraction of sp³-hybridized carbons (Fsp3) is 0.385. The molecule has 0 aliphatic heterocycles. The second-order valence-electron chi connectivity index (χ2n) is 4.73. The van der Waals surface area contributed by atoms with Gasteiger partial charge in [-0.05, 0) is 26.0 Å². The summed E-state index contributed by atoms with van der Waals surface area (Å²) in [6.07, 6.45) is 0.172. The molecule has 108 valence electrons. The van der Waals surface area contributed by atoms with E-state index in [2.05, 4.69) is 10.3 Å². The Labute approximate surface area is 119 Å². The van der Waals surface area contributed by atoms with Gasteiger partial charge in [-0.2, -0.15) is 0 Å². The molecule has 0 aliphatic rings. The zero-order chi connectivity index (χ0) is 14.7. The summed E-state index contributed by atoms with van der Waals surface area (Å²) >= 11 is 0. The molecule has 1 unspecified atom stereocenters. The lowest BCUT2D eigenvalue weighted by Gasteiger charge is -2.06. The Bertz CT molecular complexity index is 651. The normalized spacial score (nSPS) is 12.8. The molecule has 3 N–H and O–H groups in total. The van der Waals surface area contributed by atoms with Gasteiger partial charge in [-0.3, -0.25) is 4.79 Å². The first-order valence-electron chi connectivity index (χ1n) is 6.29. The number of hydrogen-bond donors (Lipinski definition) is 2. The number of rotatable bonds is 5. The molecular formula is C13H17N3O3S. The highest BCUT2D eigenvalue weighted by molar-refractivity contribution is 7.84. The van der Waals surface area contributed by atoms with Crippen LogP contribution in [0, 0.1) is 0 Å². The third-order valence-electron chi connectivity index (χ3n) is 2.55.